The van der Waals surface area contributed by atoms with Crippen LogP contribution in [0.25, 0.3) is 0 Å². The van der Waals surface area contributed by atoms with E-state index in [9.17, 15) is 5.11 Å². The number of hydrogen-bond acceptors (Lipinski definition) is 3. The third-order valence-electron chi connectivity index (χ3n) is 4.44. The van der Waals surface area contributed by atoms with Crippen molar-refractivity contribution in [1.82, 2.24) is 4.90 Å². The fourth-order valence-corrected chi connectivity index (χ4v) is 3.33. The molecule has 2 aliphatic heterocycles. The van der Waals surface area contributed by atoms with Crippen molar-refractivity contribution in [2.45, 2.75) is 56.3 Å². The van der Waals surface area contributed by atoms with Gasteiger partial charge in [0, 0.05) is 25.7 Å². The predicted octanol–water partition coefficient (Wildman–Crippen LogP) is 1.15. The van der Waals surface area contributed by atoms with E-state index < -0.39 is 0 Å². The van der Waals surface area contributed by atoms with E-state index in [0.29, 0.717) is 6.04 Å². The first-order valence-corrected chi connectivity index (χ1v) is 6.34. The maximum absolute atomic E-state index is 9.56. The molecule has 15 heavy (non-hydrogen) atoms. The molecular formula is C12H21NO2. The standard InChI is InChI=1S/C12H21NO2/c14-11-2-6-13(9-11)10-3-7-15-12(8-10)4-1-5-12/h10-11,14H,1-9H2/t10?,11-/m1/s1. The summed E-state index contributed by atoms with van der Waals surface area (Å²) in [6.45, 7) is 2.90. The molecule has 1 N–H and O–H groups in total. The Kier molecular flexibility index (Phi) is 2.49. The zero-order valence-electron chi connectivity index (χ0n) is 9.32. The lowest BCUT2D eigenvalue weighted by atomic mass is 9.73. The fraction of sp³-hybridized carbons (Fsp3) is 1.00. The molecule has 3 fully saturated rings. The van der Waals surface area contributed by atoms with Crippen LogP contribution >= 0.6 is 0 Å². The summed E-state index contributed by atoms with van der Waals surface area (Å²) in [6.07, 6.45) is 7.12. The third kappa shape index (κ3) is 1.81. The summed E-state index contributed by atoms with van der Waals surface area (Å²) in [6, 6.07) is 0.677. The molecular weight excluding hydrogens is 190 g/mol. The molecule has 0 amide bonds. The highest BCUT2D eigenvalue weighted by molar-refractivity contribution is 4.97. The first kappa shape index (κ1) is 10.1. The van der Waals surface area contributed by atoms with Crippen LogP contribution in [0.4, 0.5) is 0 Å². The van der Waals surface area contributed by atoms with Crippen LogP contribution < -0.4 is 0 Å². The van der Waals surface area contributed by atoms with Crippen molar-refractivity contribution in [2.24, 2.45) is 0 Å². The van der Waals surface area contributed by atoms with E-state index in [0.717, 1.165) is 32.5 Å². The maximum Gasteiger partial charge on any atom is 0.0697 e. The Labute approximate surface area is 91.4 Å². The molecule has 1 spiro atoms. The van der Waals surface area contributed by atoms with Crippen molar-refractivity contribution in [2.75, 3.05) is 19.7 Å². The lowest BCUT2D eigenvalue weighted by Gasteiger charge is -2.49. The first-order valence-electron chi connectivity index (χ1n) is 6.34. The molecule has 0 aromatic rings. The van der Waals surface area contributed by atoms with E-state index in [1.807, 2.05) is 0 Å². The number of nitrogens with zero attached hydrogens (tertiary/aromatic N) is 1. The van der Waals surface area contributed by atoms with E-state index in [1.165, 1.54) is 25.7 Å². The van der Waals surface area contributed by atoms with Gasteiger partial charge in [-0.05, 0) is 38.5 Å². The first-order chi connectivity index (χ1) is 7.27. The van der Waals surface area contributed by atoms with Gasteiger partial charge < -0.3 is 9.84 Å². The smallest absolute Gasteiger partial charge is 0.0697 e. The fourth-order valence-electron chi connectivity index (χ4n) is 3.33. The normalized spacial score (nSPS) is 40.6. The zero-order chi connectivity index (χ0) is 10.3. The quantitative estimate of drug-likeness (QED) is 0.706. The summed E-state index contributed by atoms with van der Waals surface area (Å²) < 4.78 is 5.93. The molecule has 3 rings (SSSR count). The summed E-state index contributed by atoms with van der Waals surface area (Å²) >= 11 is 0. The van der Waals surface area contributed by atoms with Crippen LogP contribution in [0.2, 0.25) is 0 Å². The second-order valence-electron chi connectivity index (χ2n) is 5.47. The molecule has 1 aliphatic carbocycles. The number of ether oxygens (including phenoxy) is 1. The minimum Gasteiger partial charge on any atom is -0.392 e. The van der Waals surface area contributed by atoms with E-state index in [4.69, 9.17) is 4.74 Å². The molecule has 0 bridgehead atoms. The van der Waals surface area contributed by atoms with Crippen LogP contribution in [0, 0.1) is 0 Å². The largest absolute Gasteiger partial charge is 0.392 e. The molecule has 2 saturated heterocycles. The molecule has 2 atom stereocenters. The van der Waals surface area contributed by atoms with Gasteiger partial charge in [0.05, 0.1) is 11.7 Å². The highest BCUT2D eigenvalue weighted by Gasteiger charge is 2.44. The van der Waals surface area contributed by atoms with Gasteiger partial charge in [-0.25, -0.2) is 0 Å². The van der Waals surface area contributed by atoms with Crippen molar-refractivity contribution in [1.29, 1.82) is 0 Å². The molecule has 0 radical (unpaired) electrons. The highest BCUT2D eigenvalue weighted by Crippen LogP contribution is 2.43. The van der Waals surface area contributed by atoms with Crippen LogP contribution in [0.1, 0.15) is 38.5 Å². The van der Waals surface area contributed by atoms with E-state index in [1.54, 1.807) is 0 Å². The lowest BCUT2D eigenvalue weighted by Crippen LogP contribution is -2.51. The van der Waals surface area contributed by atoms with Gasteiger partial charge in [0.1, 0.15) is 0 Å². The van der Waals surface area contributed by atoms with Crippen LogP contribution in [0.5, 0.6) is 0 Å². The Hall–Kier alpha value is -0.120. The molecule has 86 valence electrons. The van der Waals surface area contributed by atoms with E-state index >= 15 is 0 Å². The molecule has 1 unspecified atom stereocenters. The second-order valence-corrected chi connectivity index (χ2v) is 5.47. The van der Waals surface area contributed by atoms with Gasteiger partial charge in [-0.3, -0.25) is 4.90 Å². The van der Waals surface area contributed by atoms with Gasteiger partial charge in [0.25, 0.3) is 0 Å². The topological polar surface area (TPSA) is 32.7 Å². The summed E-state index contributed by atoms with van der Waals surface area (Å²) in [7, 11) is 0. The average molecular weight is 211 g/mol. The van der Waals surface area contributed by atoms with Crippen molar-refractivity contribution < 1.29 is 9.84 Å². The molecule has 0 aromatic heterocycles. The van der Waals surface area contributed by atoms with Gasteiger partial charge >= 0.3 is 0 Å². The SMILES string of the molecule is O[C@@H]1CCN(C2CCOC3(CCC3)C2)C1. The van der Waals surface area contributed by atoms with Crippen LogP contribution in [0.15, 0.2) is 0 Å². The van der Waals surface area contributed by atoms with Crippen LogP contribution in [-0.4, -0.2) is 47.4 Å². The minimum atomic E-state index is -0.0785. The van der Waals surface area contributed by atoms with E-state index in [-0.39, 0.29) is 11.7 Å². The van der Waals surface area contributed by atoms with Gasteiger partial charge in [0.2, 0.25) is 0 Å². The van der Waals surface area contributed by atoms with Crippen molar-refractivity contribution in [3.05, 3.63) is 0 Å². The average Bonchev–Trinajstić information content (AvgIpc) is 2.63. The third-order valence-corrected chi connectivity index (χ3v) is 4.44. The molecule has 3 heteroatoms. The van der Waals surface area contributed by atoms with E-state index in [2.05, 4.69) is 4.90 Å². The van der Waals surface area contributed by atoms with Crippen LogP contribution in [-0.2, 0) is 4.74 Å². The summed E-state index contributed by atoms with van der Waals surface area (Å²) in [5.74, 6) is 0. The van der Waals surface area contributed by atoms with Gasteiger partial charge in [0.15, 0.2) is 0 Å². The number of aliphatic hydroxyl groups excluding tert-OH is 1. The minimum absolute atomic E-state index is 0.0785. The molecule has 3 nitrogen and oxygen atoms in total. The number of aliphatic hydroxyl groups is 1. The van der Waals surface area contributed by atoms with Crippen molar-refractivity contribution >= 4 is 0 Å². The predicted molar refractivity (Wildman–Crippen MR) is 57.8 cm³/mol. The second kappa shape index (κ2) is 3.72. The number of β-amino-alcohol motifs (C(OH)–C–C–N with tert-alkyl or cyclic N) is 1. The van der Waals surface area contributed by atoms with Crippen LogP contribution in [0.3, 0.4) is 0 Å². The number of hydrogen-bond donors (Lipinski definition) is 1. The Morgan fingerprint density at radius 2 is 2.13 bits per heavy atom. The van der Waals surface area contributed by atoms with Gasteiger partial charge in [-0.15, -0.1) is 0 Å². The number of rotatable bonds is 1. The highest BCUT2D eigenvalue weighted by atomic mass is 16.5. The summed E-state index contributed by atoms with van der Waals surface area (Å²) in [5.41, 5.74) is 0.246. The monoisotopic (exact) mass is 211 g/mol. The van der Waals surface area contributed by atoms with Crippen molar-refractivity contribution in [3.8, 4) is 0 Å². The maximum atomic E-state index is 9.56. The molecule has 0 aromatic carbocycles. The molecule has 1 saturated carbocycles. The molecule has 3 aliphatic rings. The van der Waals surface area contributed by atoms with Gasteiger partial charge in [-0.1, -0.05) is 0 Å². The lowest BCUT2D eigenvalue weighted by molar-refractivity contribution is -0.147. The summed E-state index contributed by atoms with van der Waals surface area (Å²) in [5, 5.41) is 9.56. The summed E-state index contributed by atoms with van der Waals surface area (Å²) in [4.78, 5) is 2.48. The Balaban J connectivity index is 1.61. The Morgan fingerprint density at radius 1 is 1.27 bits per heavy atom. The zero-order valence-corrected chi connectivity index (χ0v) is 9.32. The van der Waals surface area contributed by atoms with Gasteiger partial charge in [-0.2, -0.15) is 0 Å². The molecule has 2 heterocycles. The Morgan fingerprint density at radius 3 is 2.73 bits per heavy atom. The Bertz CT molecular complexity index is 240. The van der Waals surface area contributed by atoms with Crippen molar-refractivity contribution in [3.63, 3.8) is 0 Å². The number of likely N-dealkylation sites (tertiary alicyclic amines) is 1.